The minimum atomic E-state index is -0.373. The zero-order valence-corrected chi connectivity index (χ0v) is 12.5. The first-order valence-corrected chi connectivity index (χ1v) is 7.54. The highest BCUT2D eigenvalue weighted by atomic mass is 16.2. The Bertz CT molecular complexity index is 359. The van der Waals surface area contributed by atoms with Gasteiger partial charge in [-0.25, -0.2) is 0 Å². The molecule has 0 aromatic heterocycles. The molecule has 1 aliphatic heterocycles. The van der Waals surface area contributed by atoms with Gasteiger partial charge in [0.15, 0.2) is 0 Å². The minimum Gasteiger partial charge on any atom is -0.343 e. The largest absolute Gasteiger partial charge is 0.343 e. The molecule has 0 radical (unpaired) electrons. The predicted molar refractivity (Wildman–Crippen MR) is 74.5 cm³/mol. The fourth-order valence-corrected chi connectivity index (χ4v) is 3.40. The number of hydrogen-bond donors (Lipinski definition) is 1. The number of amides is 2. The summed E-state index contributed by atoms with van der Waals surface area (Å²) < 4.78 is 0. The standard InChI is InChI=1S/C15H26N2O2/c1-9(2)13-14(18)16-11(4)15(19)17(13)12-7-5-10(3)6-8-12/h9-13H,5-8H2,1-4H3,(H,16,18). The highest BCUT2D eigenvalue weighted by Crippen LogP contribution is 2.31. The van der Waals surface area contributed by atoms with Crippen LogP contribution in [-0.2, 0) is 9.59 Å². The van der Waals surface area contributed by atoms with E-state index in [-0.39, 0.29) is 35.9 Å². The molecule has 1 aliphatic carbocycles. The first-order valence-electron chi connectivity index (χ1n) is 7.54. The van der Waals surface area contributed by atoms with Gasteiger partial charge in [0.2, 0.25) is 11.8 Å². The van der Waals surface area contributed by atoms with E-state index in [9.17, 15) is 9.59 Å². The number of rotatable bonds is 2. The number of piperazine rings is 1. The topological polar surface area (TPSA) is 49.4 Å². The maximum Gasteiger partial charge on any atom is 0.245 e. The molecule has 1 saturated carbocycles. The van der Waals surface area contributed by atoms with Crippen molar-refractivity contribution in [2.75, 3.05) is 0 Å². The monoisotopic (exact) mass is 266 g/mol. The average Bonchev–Trinajstić information content (AvgIpc) is 2.34. The van der Waals surface area contributed by atoms with Crippen LogP contribution in [-0.4, -0.2) is 34.8 Å². The van der Waals surface area contributed by atoms with E-state index in [0.717, 1.165) is 31.6 Å². The Kier molecular flexibility index (Phi) is 4.16. The van der Waals surface area contributed by atoms with Gasteiger partial charge in [-0.05, 0) is 44.4 Å². The molecular formula is C15H26N2O2. The van der Waals surface area contributed by atoms with Gasteiger partial charge in [0.25, 0.3) is 0 Å². The molecule has 108 valence electrons. The molecule has 1 N–H and O–H groups in total. The van der Waals surface area contributed by atoms with Crippen LogP contribution in [0.2, 0.25) is 0 Å². The van der Waals surface area contributed by atoms with Gasteiger partial charge in [-0.2, -0.15) is 0 Å². The lowest BCUT2D eigenvalue weighted by atomic mass is 9.84. The van der Waals surface area contributed by atoms with Crippen LogP contribution in [0.25, 0.3) is 0 Å². The minimum absolute atomic E-state index is 0.0146. The first kappa shape index (κ1) is 14.4. The van der Waals surface area contributed by atoms with Gasteiger partial charge in [0.05, 0.1) is 0 Å². The summed E-state index contributed by atoms with van der Waals surface area (Å²) in [5.74, 6) is 1.02. The van der Waals surface area contributed by atoms with E-state index in [0.29, 0.717) is 0 Å². The zero-order valence-electron chi connectivity index (χ0n) is 12.5. The quantitative estimate of drug-likeness (QED) is 0.830. The molecule has 2 atom stereocenters. The second-order valence-electron chi connectivity index (χ2n) is 6.58. The number of carbonyl (C=O) groups excluding carboxylic acids is 2. The van der Waals surface area contributed by atoms with Crippen LogP contribution < -0.4 is 5.32 Å². The Balaban J connectivity index is 2.21. The van der Waals surface area contributed by atoms with Gasteiger partial charge in [-0.1, -0.05) is 20.8 Å². The summed E-state index contributed by atoms with van der Waals surface area (Å²) >= 11 is 0. The Morgan fingerprint density at radius 2 is 1.68 bits per heavy atom. The summed E-state index contributed by atoms with van der Waals surface area (Å²) in [4.78, 5) is 26.6. The fraction of sp³-hybridized carbons (Fsp3) is 0.867. The van der Waals surface area contributed by atoms with Crippen LogP contribution >= 0.6 is 0 Å². The molecule has 2 unspecified atom stereocenters. The van der Waals surface area contributed by atoms with E-state index in [2.05, 4.69) is 12.2 Å². The lowest BCUT2D eigenvalue weighted by molar-refractivity contribution is -0.154. The van der Waals surface area contributed by atoms with Crippen molar-refractivity contribution < 1.29 is 9.59 Å². The molecule has 2 amide bonds. The summed E-state index contributed by atoms with van der Waals surface area (Å²) in [6.45, 7) is 8.09. The average molecular weight is 266 g/mol. The number of hydrogen-bond acceptors (Lipinski definition) is 2. The second kappa shape index (κ2) is 5.51. The molecule has 0 spiro atoms. The lowest BCUT2D eigenvalue weighted by Gasteiger charge is -2.46. The Morgan fingerprint density at radius 1 is 1.11 bits per heavy atom. The van der Waals surface area contributed by atoms with Crippen LogP contribution in [0, 0.1) is 11.8 Å². The van der Waals surface area contributed by atoms with Crippen molar-refractivity contribution >= 4 is 11.8 Å². The van der Waals surface area contributed by atoms with E-state index >= 15 is 0 Å². The first-order chi connectivity index (χ1) is 8.91. The summed E-state index contributed by atoms with van der Waals surface area (Å²) in [5, 5.41) is 2.81. The van der Waals surface area contributed by atoms with Crippen LogP contribution in [0.5, 0.6) is 0 Å². The molecule has 0 aromatic carbocycles. The number of nitrogens with one attached hydrogen (secondary N) is 1. The van der Waals surface area contributed by atoms with Crippen LogP contribution in [0.4, 0.5) is 0 Å². The molecule has 0 bridgehead atoms. The van der Waals surface area contributed by atoms with Gasteiger partial charge in [0.1, 0.15) is 12.1 Å². The molecule has 2 aliphatic rings. The van der Waals surface area contributed by atoms with E-state index in [1.165, 1.54) is 0 Å². The third-order valence-corrected chi connectivity index (χ3v) is 4.56. The van der Waals surface area contributed by atoms with E-state index in [1.807, 2.05) is 18.7 Å². The van der Waals surface area contributed by atoms with Gasteiger partial charge in [-0.3, -0.25) is 9.59 Å². The van der Waals surface area contributed by atoms with Crippen LogP contribution in [0.15, 0.2) is 0 Å². The van der Waals surface area contributed by atoms with Crippen molar-refractivity contribution in [3.8, 4) is 0 Å². The third-order valence-electron chi connectivity index (χ3n) is 4.56. The van der Waals surface area contributed by atoms with Crippen molar-refractivity contribution in [3.63, 3.8) is 0 Å². The molecule has 2 fully saturated rings. The molecular weight excluding hydrogens is 240 g/mol. The Hall–Kier alpha value is -1.06. The molecule has 0 aromatic rings. The van der Waals surface area contributed by atoms with E-state index < -0.39 is 0 Å². The van der Waals surface area contributed by atoms with Gasteiger partial charge in [-0.15, -0.1) is 0 Å². The summed E-state index contributed by atoms with van der Waals surface area (Å²) in [7, 11) is 0. The summed E-state index contributed by atoms with van der Waals surface area (Å²) in [6, 6.07) is -0.409. The molecule has 1 saturated heterocycles. The molecule has 4 nitrogen and oxygen atoms in total. The normalized spacial score (nSPS) is 36.6. The van der Waals surface area contributed by atoms with Crippen LogP contribution in [0.3, 0.4) is 0 Å². The van der Waals surface area contributed by atoms with E-state index in [4.69, 9.17) is 0 Å². The maximum atomic E-state index is 12.5. The van der Waals surface area contributed by atoms with Crippen molar-refractivity contribution in [1.29, 1.82) is 0 Å². The number of carbonyl (C=O) groups is 2. The van der Waals surface area contributed by atoms with Crippen molar-refractivity contribution in [2.45, 2.75) is 71.5 Å². The highest BCUT2D eigenvalue weighted by molar-refractivity contribution is 5.97. The van der Waals surface area contributed by atoms with Crippen molar-refractivity contribution in [1.82, 2.24) is 10.2 Å². The second-order valence-corrected chi connectivity index (χ2v) is 6.58. The lowest BCUT2D eigenvalue weighted by Crippen LogP contribution is -2.66. The summed E-state index contributed by atoms with van der Waals surface area (Å²) in [6.07, 6.45) is 4.40. The molecule has 2 rings (SSSR count). The zero-order chi connectivity index (χ0) is 14.2. The maximum absolute atomic E-state index is 12.5. The van der Waals surface area contributed by atoms with Crippen LogP contribution in [0.1, 0.15) is 53.4 Å². The van der Waals surface area contributed by atoms with Gasteiger partial charge >= 0.3 is 0 Å². The SMILES string of the molecule is CC1CCC(N2C(=O)C(C)NC(=O)C2C(C)C)CC1. The third kappa shape index (κ3) is 2.77. The van der Waals surface area contributed by atoms with Crippen molar-refractivity contribution in [2.24, 2.45) is 11.8 Å². The predicted octanol–water partition coefficient (Wildman–Crippen LogP) is 1.94. The smallest absolute Gasteiger partial charge is 0.245 e. The Morgan fingerprint density at radius 3 is 2.21 bits per heavy atom. The highest BCUT2D eigenvalue weighted by Gasteiger charge is 2.43. The van der Waals surface area contributed by atoms with Gasteiger partial charge in [0, 0.05) is 6.04 Å². The van der Waals surface area contributed by atoms with E-state index in [1.54, 1.807) is 6.92 Å². The Labute approximate surface area is 115 Å². The molecule has 19 heavy (non-hydrogen) atoms. The van der Waals surface area contributed by atoms with Crippen molar-refractivity contribution in [3.05, 3.63) is 0 Å². The molecule has 1 heterocycles. The van der Waals surface area contributed by atoms with Gasteiger partial charge < -0.3 is 10.2 Å². The number of nitrogens with zero attached hydrogens (tertiary/aromatic N) is 1. The summed E-state index contributed by atoms with van der Waals surface area (Å²) in [5.41, 5.74) is 0. The fourth-order valence-electron chi connectivity index (χ4n) is 3.40. The molecule has 4 heteroatoms.